The molecule has 3 heteroatoms. The van der Waals surface area contributed by atoms with Gasteiger partial charge in [0.05, 0.1) is 0 Å². The van der Waals surface area contributed by atoms with E-state index in [0.717, 1.165) is 6.54 Å². The van der Waals surface area contributed by atoms with E-state index in [1.807, 2.05) is 18.2 Å². The van der Waals surface area contributed by atoms with Crippen LogP contribution in [0.1, 0.15) is 5.56 Å². The average molecular weight is 215 g/mol. The highest BCUT2D eigenvalue weighted by Crippen LogP contribution is 1.98. The van der Waals surface area contributed by atoms with Crippen molar-refractivity contribution in [2.24, 2.45) is 5.73 Å². The predicted octanol–water partition coefficient (Wildman–Crippen LogP) is 1.41. The number of benzene rings is 1. The van der Waals surface area contributed by atoms with Crippen LogP contribution in [0.4, 0.5) is 0 Å². The van der Waals surface area contributed by atoms with Gasteiger partial charge >= 0.3 is 0 Å². The molecule has 1 atom stereocenters. The van der Waals surface area contributed by atoms with Crippen LogP contribution in [0.2, 0.25) is 0 Å². The largest absolute Gasteiger partial charge is 0.307 e. The van der Waals surface area contributed by atoms with Crippen molar-refractivity contribution in [3.63, 3.8) is 0 Å². The Morgan fingerprint density at radius 1 is 1.36 bits per heavy atom. The van der Waals surface area contributed by atoms with Gasteiger partial charge in [0.1, 0.15) is 5.08 Å². The Hall–Kier alpha value is -0.380. The lowest BCUT2D eigenvalue weighted by Crippen LogP contribution is -2.30. The lowest BCUT2D eigenvalue weighted by atomic mass is 10.2. The molecule has 0 radical (unpaired) electrons. The summed E-state index contributed by atoms with van der Waals surface area (Å²) in [5.41, 5.74) is 6.68. The number of rotatable bonds is 3. The molecular weight excluding hydrogens is 204 g/mol. The van der Waals surface area contributed by atoms with E-state index in [2.05, 4.69) is 33.4 Å². The van der Waals surface area contributed by atoms with Gasteiger partial charge in [0.15, 0.2) is 0 Å². The van der Waals surface area contributed by atoms with E-state index in [0.29, 0.717) is 0 Å². The minimum Gasteiger partial charge on any atom is -0.307 e. The molecule has 1 aromatic carbocycles. The molecule has 1 aromatic rings. The van der Waals surface area contributed by atoms with Crippen LogP contribution in [0.15, 0.2) is 30.3 Å². The molecule has 60 valence electrons. The summed E-state index contributed by atoms with van der Waals surface area (Å²) in [6, 6.07) is 10.1. The predicted molar refractivity (Wildman–Crippen MR) is 50.2 cm³/mol. The van der Waals surface area contributed by atoms with Gasteiger partial charge in [-0.1, -0.05) is 46.3 Å². The Morgan fingerprint density at radius 2 is 2.00 bits per heavy atom. The summed E-state index contributed by atoms with van der Waals surface area (Å²) < 4.78 is 0. The maximum atomic E-state index is 5.45. The van der Waals surface area contributed by atoms with Crippen LogP contribution >= 0.6 is 15.9 Å². The van der Waals surface area contributed by atoms with Gasteiger partial charge in [-0.15, -0.1) is 0 Å². The van der Waals surface area contributed by atoms with Crippen molar-refractivity contribution < 1.29 is 0 Å². The van der Waals surface area contributed by atoms with Crippen molar-refractivity contribution in [2.45, 2.75) is 11.6 Å². The summed E-state index contributed by atoms with van der Waals surface area (Å²) in [5.74, 6) is 0. The number of nitrogens with two attached hydrogens (primary N) is 1. The van der Waals surface area contributed by atoms with Crippen LogP contribution in [0.3, 0.4) is 0 Å². The van der Waals surface area contributed by atoms with Gasteiger partial charge in [-0.2, -0.15) is 0 Å². The molecule has 0 aliphatic carbocycles. The van der Waals surface area contributed by atoms with Crippen LogP contribution in [0, 0.1) is 0 Å². The topological polar surface area (TPSA) is 38.0 Å². The summed E-state index contributed by atoms with van der Waals surface area (Å²) >= 11 is 3.20. The molecule has 3 N–H and O–H groups in total. The minimum atomic E-state index is -0.122. The molecule has 0 amide bonds. The Morgan fingerprint density at radius 3 is 2.55 bits per heavy atom. The zero-order chi connectivity index (χ0) is 8.10. The standard InChI is InChI=1S/C8H11BrN2/c9-8(10)11-6-7-4-2-1-3-5-7/h1-5,8,11H,6,10H2. The third-order valence-electron chi connectivity index (χ3n) is 1.34. The molecule has 0 spiro atoms. The summed E-state index contributed by atoms with van der Waals surface area (Å²) in [5, 5.41) is 2.93. The smallest absolute Gasteiger partial charge is 0.113 e. The first-order chi connectivity index (χ1) is 5.29. The van der Waals surface area contributed by atoms with E-state index in [1.54, 1.807) is 0 Å². The first-order valence-electron chi connectivity index (χ1n) is 3.46. The number of alkyl halides is 1. The summed E-state index contributed by atoms with van der Waals surface area (Å²) in [6.07, 6.45) is 0. The summed E-state index contributed by atoms with van der Waals surface area (Å²) in [4.78, 5) is 0. The van der Waals surface area contributed by atoms with E-state index in [-0.39, 0.29) is 5.08 Å². The fourth-order valence-corrected chi connectivity index (χ4v) is 0.973. The lowest BCUT2D eigenvalue weighted by Gasteiger charge is -2.05. The van der Waals surface area contributed by atoms with Crippen LogP contribution in [0.25, 0.3) is 0 Å². The van der Waals surface area contributed by atoms with E-state index >= 15 is 0 Å². The van der Waals surface area contributed by atoms with E-state index < -0.39 is 0 Å². The molecule has 0 saturated heterocycles. The SMILES string of the molecule is NC(Br)NCc1ccccc1. The molecular formula is C8H11BrN2. The minimum absolute atomic E-state index is 0.122. The van der Waals surface area contributed by atoms with Crippen LogP contribution in [0.5, 0.6) is 0 Å². The van der Waals surface area contributed by atoms with Crippen molar-refractivity contribution in [3.05, 3.63) is 35.9 Å². The molecule has 1 rings (SSSR count). The third-order valence-corrected chi connectivity index (χ3v) is 1.67. The Balaban J connectivity index is 2.39. The molecule has 0 saturated carbocycles. The second-order valence-electron chi connectivity index (χ2n) is 2.27. The first kappa shape index (κ1) is 8.71. The maximum Gasteiger partial charge on any atom is 0.113 e. The van der Waals surface area contributed by atoms with E-state index in [9.17, 15) is 0 Å². The number of hydrogen-bond donors (Lipinski definition) is 2. The molecule has 1 unspecified atom stereocenters. The van der Waals surface area contributed by atoms with E-state index in [4.69, 9.17) is 5.73 Å². The maximum absolute atomic E-state index is 5.45. The second kappa shape index (κ2) is 4.49. The van der Waals surface area contributed by atoms with Gasteiger partial charge in [0, 0.05) is 6.54 Å². The summed E-state index contributed by atoms with van der Waals surface area (Å²) in [6.45, 7) is 0.799. The zero-order valence-electron chi connectivity index (χ0n) is 6.13. The molecule has 2 nitrogen and oxygen atoms in total. The number of nitrogens with one attached hydrogen (secondary N) is 1. The third kappa shape index (κ3) is 3.51. The second-order valence-corrected chi connectivity index (χ2v) is 3.25. The quantitative estimate of drug-likeness (QED) is 0.454. The molecule has 0 bridgehead atoms. The van der Waals surface area contributed by atoms with Crippen LogP contribution < -0.4 is 11.1 Å². The van der Waals surface area contributed by atoms with Crippen molar-refractivity contribution in [2.75, 3.05) is 0 Å². The fourth-order valence-electron chi connectivity index (χ4n) is 0.811. The fraction of sp³-hybridized carbons (Fsp3) is 0.250. The highest BCUT2D eigenvalue weighted by Gasteiger charge is 1.93. The molecule has 0 aliphatic heterocycles. The van der Waals surface area contributed by atoms with Crippen LogP contribution in [-0.4, -0.2) is 5.08 Å². The van der Waals surface area contributed by atoms with Crippen molar-refractivity contribution in [3.8, 4) is 0 Å². The van der Waals surface area contributed by atoms with Gasteiger partial charge in [0.2, 0.25) is 0 Å². The molecule has 11 heavy (non-hydrogen) atoms. The van der Waals surface area contributed by atoms with Gasteiger partial charge in [-0.05, 0) is 5.56 Å². The van der Waals surface area contributed by atoms with Crippen LogP contribution in [-0.2, 0) is 6.54 Å². The highest BCUT2D eigenvalue weighted by molar-refractivity contribution is 9.09. The van der Waals surface area contributed by atoms with Gasteiger partial charge in [0.25, 0.3) is 0 Å². The lowest BCUT2D eigenvalue weighted by molar-refractivity contribution is 0.677. The van der Waals surface area contributed by atoms with Gasteiger partial charge in [-0.25, -0.2) is 0 Å². The highest BCUT2D eigenvalue weighted by atomic mass is 79.9. The number of hydrogen-bond acceptors (Lipinski definition) is 2. The van der Waals surface area contributed by atoms with Gasteiger partial charge in [-0.3, -0.25) is 5.32 Å². The zero-order valence-corrected chi connectivity index (χ0v) is 7.71. The molecule has 0 fully saturated rings. The van der Waals surface area contributed by atoms with Crippen molar-refractivity contribution in [1.29, 1.82) is 0 Å². The molecule has 0 aromatic heterocycles. The normalized spacial score (nSPS) is 12.9. The Labute approximate surface area is 74.9 Å². The van der Waals surface area contributed by atoms with Crippen molar-refractivity contribution in [1.82, 2.24) is 5.32 Å². The molecule has 0 aliphatic rings. The first-order valence-corrected chi connectivity index (χ1v) is 4.37. The van der Waals surface area contributed by atoms with E-state index in [1.165, 1.54) is 5.56 Å². The van der Waals surface area contributed by atoms with Gasteiger partial charge < -0.3 is 5.73 Å². The monoisotopic (exact) mass is 214 g/mol. The molecule has 0 heterocycles. The Bertz CT molecular complexity index is 199. The average Bonchev–Trinajstić information content (AvgIpc) is 2.03. The van der Waals surface area contributed by atoms with Crippen molar-refractivity contribution >= 4 is 15.9 Å². The Kier molecular flexibility index (Phi) is 3.56. The number of halogens is 1. The summed E-state index contributed by atoms with van der Waals surface area (Å²) in [7, 11) is 0.